The van der Waals surface area contributed by atoms with Crippen LogP contribution in [-0.4, -0.2) is 18.5 Å². The fourth-order valence-corrected chi connectivity index (χ4v) is 2.22. The molecule has 0 radical (unpaired) electrons. The van der Waals surface area contributed by atoms with Crippen LogP contribution in [-0.2, 0) is 11.3 Å². The Bertz CT molecular complexity index is 587. The van der Waals surface area contributed by atoms with Crippen LogP contribution >= 0.6 is 0 Å². The van der Waals surface area contributed by atoms with Crippen molar-refractivity contribution < 1.29 is 14.6 Å². The maximum atomic E-state index is 12.0. The highest BCUT2D eigenvalue weighted by Crippen LogP contribution is 2.20. The van der Waals surface area contributed by atoms with E-state index in [0.29, 0.717) is 0 Å². The van der Waals surface area contributed by atoms with Gasteiger partial charge in [-0.15, -0.1) is 0 Å². The molecule has 4 nitrogen and oxygen atoms in total. The van der Waals surface area contributed by atoms with Gasteiger partial charge in [-0.2, -0.15) is 0 Å². The first-order valence-corrected chi connectivity index (χ1v) is 7.45. The van der Waals surface area contributed by atoms with E-state index in [4.69, 9.17) is 4.74 Å². The van der Waals surface area contributed by atoms with Gasteiger partial charge in [0.15, 0.2) is 0 Å². The van der Waals surface area contributed by atoms with Crippen LogP contribution in [0.2, 0.25) is 13.1 Å². The molecule has 0 saturated heterocycles. The Hall–Kier alpha value is -2.43. The average Bonchev–Trinajstić information content (AvgIpc) is 2.54. The van der Waals surface area contributed by atoms with Crippen LogP contribution in [0.1, 0.15) is 17.2 Å². The molecular weight excluding hydrogens is 277 g/mol. The Labute approximate surface area is 131 Å². The second-order valence-electron chi connectivity index (χ2n) is 5.14. The molecule has 0 saturated carbocycles. The van der Waals surface area contributed by atoms with Crippen LogP contribution in [0, 0.1) is 0 Å². The molecular formula is C17H20BNO3. The third-order valence-corrected chi connectivity index (χ3v) is 3.38. The number of amides is 1. The summed E-state index contributed by atoms with van der Waals surface area (Å²) in [6.07, 6.45) is 0.376. The topological polar surface area (TPSA) is 58.6 Å². The number of hydrogen-bond acceptors (Lipinski definition) is 3. The Kier molecular flexibility index (Phi) is 5.89. The number of carbonyl (C=O) groups is 1. The first-order valence-electron chi connectivity index (χ1n) is 7.45. The highest BCUT2D eigenvalue weighted by Gasteiger charge is 2.15. The van der Waals surface area contributed by atoms with Gasteiger partial charge in [0, 0.05) is 0 Å². The highest BCUT2D eigenvalue weighted by atomic mass is 16.5. The molecule has 0 aliphatic rings. The molecule has 0 fully saturated rings. The summed E-state index contributed by atoms with van der Waals surface area (Å²) in [7, 11) is 0.935. The van der Waals surface area contributed by atoms with E-state index in [1.807, 2.05) is 42.5 Å². The molecule has 0 heterocycles. The molecule has 1 atom stereocenters. The van der Waals surface area contributed by atoms with E-state index in [1.54, 1.807) is 12.1 Å². The van der Waals surface area contributed by atoms with E-state index in [0.717, 1.165) is 24.7 Å². The Morgan fingerprint density at radius 1 is 1.18 bits per heavy atom. The predicted octanol–water partition coefficient (Wildman–Crippen LogP) is 3.26. The van der Waals surface area contributed by atoms with Gasteiger partial charge in [0.25, 0.3) is 0 Å². The van der Waals surface area contributed by atoms with E-state index in [2.05, 4.69) is 12.1 Å². The molecule has 0 spiro atoms. The Morgan fingerprint density at radius 2 is 1.86 bits per heavy atom. The Balaban J connectivity index is 1.92. The minimum absolute atomic E-state index is 0.117. The van der Waals surface area contributed by atoms with Gasteiger partial charge < -0.3 is 15.2 Å². The van der Waals surface area contributed by atoms with Crippen LogP contribution < -0.4 is 5.32 Å². The van der Waals surface area contributed by atoms with Crippen molar-refractivity contribution >= 4 is 13.4 Å². The number of ether oxygens (including phenoxy) is 1. The van der Waals surface area contributed by atoms with Gasteiger partial charge in [0.2, 0.25) is 0 Å². The molecule has 0 bridgehead atoms. The zero-order chi connectivity index (χ0) is 15.8. The summed E-state index contributed by atoms with van der Waals surface area (Å²) in [5.74, 6) is 0.214. The van der Waals surface area contributed by atoms with Gasteiger partial charge in [-0.3, -0.25) is 0 Å². The zero-order valence-electron chi connectivity index (χ0n) is 12.7. The number of alkyl carbamates (subject to hydrolysis) is 1. The minimum Gasteiger partial charge on any atom is -0.508 e. The number of hydrogen-bond donors (Lipinski definition) is 2. The normalized spacial score (nSPS) is 11.5. The lowest BCUT2D eigenvalue weighted by molar-refractivity contribution is 0.136. The third kappa shape index (κ3) is 4.84. The lowest BCUT2D eigenvalue weighted by Gasteiger charge is -2.18. The zero-order valence-corrected chi connectivity index (χ0v) is 12.7. The summed E-state index contributed by atoms with van der Waals surface area (Å²) in [5.41, 5.74) is 1.91. The molecule has 0 aliphatic carbocycles. The summed E-state index contributed by atoms with van der Waals surface area (Å²) in [6.45, 7) is 2.31. The maximum absolute atomic E-state index is 12.0. The minimum atomic E-state index is -0.435. The van der Waals surface area contributed by atoms with Crippen LogP contribution in [0.3, 0.4) is 0 Å². The van der Waals surface area contributed by atoms with Gasteiger partial charge in [-0.05, 0) is 23.3 Å². The van der Waals surface area contributed by atoms with Crippen molar-refractivity contribution in [2.45, 2.75) is 25.8 Å². The summed E-state index contributed by atoms with van der Waals surface area (Å²) < 4.78 is 5.25. The predicted molar refractivity (Wildman–Crippen MR) is 88.4 cm³/mol. The molecule has 22 heavy (non-hydrogen) atoms. The first kappa shape index (κ1) is 16.0. The number of benzene rings is 2. The molecule has 2 aromatic carbocycles. The molecule has 1 amide bonds. The molecule has 0 unspecified atom stereocenters. The lowest BCUT2D eigenvalue weighted by atomic mass is 9.73. The van der Waals surface area contributed by atoms with Gasteiger partial charge in [-0.25, -0.2) is 4.79 Å². The molecule has 2 aromatic rings. The van der Waals surface area contributed by atoms with Crippen LogP contribution in [0.4, 0.5) is 4.79 Å². The third-order valence-electron chi connectivity index (χ3n) is 3.38. The van der Waals surface area contributed by atoms with E-state index >= 15 is 0 Å². The van der Waals surface area contributed by atoms with Crippen molar-refractivity contribution in [1.82, 2.24) is 5.32 Å². The van der Waals surface area contributed by atoms with Crippen LogP contribution in [0.15, 0.2) is 54.6 Å². The highest BCUT2D eigenvalue weighted by molar-refractivity contribution is 6.33. The van der Waals surface area contributed by atoms with E-state index in [1.165, 1.54) is 0 Å². The van der Waals surface area contributed by atoms with Crippen molar-refractivity contribution in [3.8, 4) is 5.75 Å². The van der Waals surface area contributed by atoms with Crippen molar-refractivity contribution in [3.05, 3.63) is 65.7 Å². The SMILES string of the molecule is CBC[C@H](NC(=O)OCc1ccccc1)c1ccc(O)cc1. The van der Waals surface area contributed by atoms with Gasteiger partial charge >= 0.3 is 6.09 Å². The number of aromatic hydroxyl groups is 1. The first-order chi connectivity index (χ1) is 10.7. The van der Waals surface area contributed by atoms with Crippen LogP contribution in [0.25, 0.3) is 0 Å². The largest absolute Gasteiger partial charge is 0.508 e. The van der Waals surface area contributed by atoms with E-state index in [9.17, 15) is 9.90 Å². The second-order valence-corrected chi connectivity index (χ2v) is 5.14. The molecule has 2 N–H and O–H groups in total. The van der Waals surface area contributed by atoms with Gasteiger partial charge in [-0.1, -0.05) is 55.6 Å². The van der Waals surface area contributed by atoms with Crippen molar-refractivity contribution in [1.29, 1.82) is 0 Å². The number of carbonyl (C=O) groups excluding carboxylic acids is 1. The quantitative estimate of drug-likeness (QED) is 0.805. The van der Waals surface area contributed by atoms with Crippen molar-refractivity contribution in [3.63, 3.8) is 0 Å². The van der Waals surface area contributed by atoms with Gasteiger partial charge in [0.05, 0.1) is 6.04 Å². The number of rotatable bonds is 6. The van der Waals surface area contributed by atoms with Crippen molar-refractivity contribution in [2.24, 2.45) is 0 Å². The fourth-order valence-electron chi connectivity index (χ4n) is 2.22. The summed E-state index contributed by atoms with van der Waals surface area (Å²) in [6, 6.07) is 16.3. The molecule has 5 heteroatoms. The van der Waals surface area contributed by atoms with Crippen molar-refractivity contribution in [2.75, 3.05) is 0 Å². The standard InChI is InChI=1S/C17H20BNO3/c1-18-11-16(14-7-9-15(20)10-8-14)19-17(21)22-12-13-5-3-2-4-6-13/h2-10,16,18,20H,11-12H2,1H3,(H,19,21)/t16-/m0/s1. The van der Waals surface area contributed by atoms with Crippen LogP contribution in [0.5, 0.6) is 5.75 Å². The van der Waals surface area contributed by atoms with E-state index in [-0.39, 0.29) is 18.4 Å². The number of phenolic OH excluding ortho intramolecular Hbond substituents is 1. The lowest BCUT2D eigenvalue weighted by Crippen LogP contribution is -2.29. The average molecular weight is 297 g/mol. The number of phenols is 1. The molecule has 0 aromatic heterocycles. The molecule has 114 valence electrons. The summed E-state index contributed by atoms with van der Waals surface area (Å²) in [4.78, 5) is 12.0. The Morgan fingerprint density at radius 3 is 2.50 bits per heavy atom. The fraction of sp³-hybridized carbons (Fsp3) is 0.235. The second kappa shape index (κ2) is 8.12. The van der Waals surface area contributed by atoms with Gasteiger partial charge in [0.1, 0.15) is 19.6 Å². The maximum Gasteiger partial charge on any atom is 0.407 e. The number of nitrogens with one attached hydrogen (secondary N) is 1. The summed E-state index contributed by atoms with van der Waals surface area (Å²) >= 11 is 0. The molecule has 0 aliphatic heterocycles. The van der Waals surface area contributed by atoms with E-state index < -0.39 is 6.09 Å². The monoisotopic (exact) mass is 297 g/mol. The summed E-state index contributed by atoms with van der Waals surface area (Å²) in [5, 5.41) is 12.2. The molecule has 2 rings (SSSR count). The smallest absolute Gasteiger partial charge is 0.407 e.